The molecule has 0 aromatic heterocycles. The second-order valence-electron chi connectivity index (χ2n) is 6.47. The van der Waals surface area contributed by atoms with E-state index in [4.69, 9.17) is 10.5 Å². The van der Waals surface area contributed by atoms with Gasteiger partial charge in [-0.1, -0.05) is 29.8 Å². The zero-order chi connectivity index (χ0) is 20.4. The smallest absolute Gasteiger partial charge is 0.222 e. The van der Waals surface area contributed by atoms with Crippen LogP contribution in [0.1, 0.15) is 11.1 Å². The number of aliphatic imine (C=N–C) groups is 1. The summed E-state index contributed by atoms with van der Waals surface area (Å²) in [7, 11) is 1.65. The molecule has 0 aliphatic rings. The summed E-state index contributed by atoms with van der Waals surface area (Å²) in [5, 5.41) is 6.23. The molecule has 0 aliphatic carbocycles. The van der Waals surface area contributed by atoms with Gasteiger partial charge in [0, 0.05) is 13.6 Å². The first-order valence-corrected chi connectivity index (χ1v) is 9.15. The van der Waals surface area contributed by atoms with Gasteiger partial charge in [-0.15, -0.1) is 24.0 Å². The molecule has 1 atom stereocenters. The van der Waals surface area contributed by atoms with Crippen LogP contribution in [0.4, 0.5) is 4.39 Å². The average Bonchev–Trinajstić information content (AvgIpc) is 2.69. The van der Waals surface area contributed by atoms with Crippen molar-refractivity contribution in [1.82, 2.24) is 10.6 Å². The molecule has 158 valence electrons. The number of halogens is 2. The SMILES string of the molecule is CN=C(NCCOc1ccc(C)cc1)NCC(Cc1ccc(F)cc1)C(N)=O.I. The van der Waals surface area contributed by atoms with Gasteiger partial charge in [-0.25, -0.2) is 4.39 Å². The molecule has 0 heterocycles. The van der Waals surface area contributed by atoms with Crippen LogP contribution in [0.3, 0.4) is 0 Å². The Hall–Kier alpha value is -2.36. The van der Waals surface area contributed by atoms with Crippen LogP contribution in [-0.4, -0.2) is 38.6 Å². The summed E-state index contributed by atoms with van der Waals surface area (Å²) < 4.78 is 18.7. The maximum absolute atomic E-state index is 13.0. The Morgan fingerprint density at radius 1 is 1.14 bits per heavy atom. The van der Waals surface area contributed by atoms with Crippen LogP contribution >= 0.6 is 24.0 Å². The normalized spacial score (nSPS) is 11.9. The summed E-state index contributed by atoms with van der Waals surface area (Å²) in [6, 6.07) is 13.9. The molecule has 0 saturated carbocycles. The summed E-state index contributed by atoms with van der Waals surface area (Å²) in [6.45, 7) is 3.37. The van der Waals surface area contributed by atoms with Crippen molar-refractivity contribution in [3.63, 3.8) is 0 Å². The summed E-state index contributed by atoms with van der Waals surface area (Å²) in [6.07, 6.45) is 0.427. The standard InChI is InChI=1S/C21H27FN4O2.HI/c1-15-3-9-19(10-4-15)28-12-11-25-21(24-2)26-14-17(20(23)27)13-16-5-7-18(22)8-6-16;/h3-10,17H,11-14H2,1-2H3,(H2,23,27)(H2,24,25,26);1H. The minimum absolute atomic E-state index is 0. The first-order valence-electron chi connectivity index (χ1n) is 9.15. The van der Waals surface area contributed by atoms with Crippen LogP contribution in [0.15, 0.2) is 53.5 Å². The van der Waals surface area contributed by atoms with E-state index in [1.165, 1.54) is 17.7 Å². The predicted octanol–water partition coefficient (Wildman–Crippen LogP) is 2.64. The Labute approximate surface area is 188 Å². The lowest BCUT2D eigenvalue weighted by Gasteiger charge is -2.17. The molecule has 6 nitrogen and oxygen atoms in total. The van der Waals surface area contributed by atoms with E-state index in [1.807, 2.05) is 31.2 Å². The van der Waals surface area contributed by atoms with Crippen molar-refractivity contribution in [2.75, 3.05) is 26.7 Å². The average molecular weight is 514 g/mol. The second-order valence-corrected chi connectivity index (χ2v) is 6.47. The minimum atomic E-state index is -0.437. The monoisotopic (exact) mass is 514 g/mol. The quantitative estimate of drug-likeness (QED) is 0.208. The number of guanidine groups is 1. The lowest BCUT2D eigenvalue weighted by Crippen LogP contribution is -2.44. The molecule has 2 aromatic carbocycles. The fourth-order valence-corrected chi connectivity index (χ4v) is 2.59. The lowest BCUT2D eigenvalue weighted by atomic mass is 9.98. The number of carbonyl (C=O) groups excluding carboxylic acids is 1. The number of aryl methyl sites for hydroxylation is 1. The molecule has 4 N–H and O–H groups in total. The molecule has 2 aromatic rings. The predicted molar refractivity (Wildman–Crippen MR) is 124 cm³/mol. The van der Waals surface area contributed by atoms with E-state index in [0.29, 0.717) is 32.1 Å². The maximum atomic E-state index is 13.0. The van der Waals surface area contributed by atoms with E-state index in [-0.39, 0.29) is 29.8 Å². The molecule has 0 saturated heterocycles. The second kappa shape index (κ2) is 13.0. The molecule has 0 bridgehead atoms. The number of rotatable bonds is 9. The number of benzene rings is 2. The number of nitrogens with one attached hydrogen (secondary N) is 2. The number of ether oxygens (including phenoxy) is 1. The van der Waals surface area contributed by atoms with Crippen molar-refractivity contribution in [3.05, 3.63) is 65.5 Å². The van der Waals surface area contributed by atoms with Gasteiger partial charge in [0.25, 0.3) is 0 Å². The van der Waals surface area contributed by atoms with Crippen molar-refractivity contribution in [1.29, 1.82) is 0 Å². The van der Waals surface area contributed by atoms with Gasteiger partial charge in [0.15, 0.2) is 5.96 Å². The third kappa shape index (κ3) is 9.12. The van der Waals surface area contributed by atoms with Gasteiger partial charge in [-0.2, -0.15) is 0 Å². The van der Waals surface area contributed by atoms with Crippen LogP contribution in [0.5, 0.6) is 5.75 Å². The summed E-state index contributed by atoms with van der Waals surface area (Å²) in [5.41, 5.74) is 7.53. The highest BCUT2D eigenvalue weighted by molar-refractivity contribution is 14.0. The van der Waals surface area contributed by atoms with E-state index in [2.05, 4.69) is 15.6 Å². The fraction of sp³-hybridized carbons (Fsp3) is 0.333. The summed E-state index contributed by atoms with van der Waals surface area (Å²) in [5.74, 6) is 0.194. The lowest BCUT2D eigenvalue weighted by molar-refractivity contribution is -0.121. The maximum Gasteiger partial charge on any atom is 0.222 e. The van der Waals surface area contributed by atoms with E-state index in [0.717, 1.165) is 11.3 Å². The number of hydrogen-bond donors (Lipinski definition) is 3. The first kappa shape index (κ1) is 24.7. The summed E-state index contributed by atoms with van der Waals surface area (Å²) in [4.78, 5) is 15.9. The van der Waals surface area contributed by atoms with Crippen molar-refractivity contribution in [2.24, 2.45) is 16.6 Å². The topological polar surface area (TPSA) is 88.7 Å². The van der Waals surface area contributed by atoms with Gasteiger partial charge in [0.2, 0.25) is 5.91 Å². The Morgan fingerprint density at radius 3 is 2.38 bits per heavy atom. The molecule has 1 amide bonds. The van der Waals surface area contributed by atoms with Gasteiger partial charge in [-0.05, 0) is 43.2 Å². The first-order chi connectivity index (χ1) is 13.5. The number of nitrogens with zero attached hydrogens (tertiary/aromatic N) is 1. The van der Waals surface area contributed by atoms with E-state index in [9.17, 15) is 9.18 Å². The molecule has 8 heteroatoms. The number of primary amides is 1. The van der Waals surface area contributed by atoms with Gasteiger partial charge >= 0.3 is 0 Å². The third-order valence-electron chi connectivity index (χ3n) is 4.22. The molecule has 0 aliphatic heterocycles. The molecule has 1 unspecified atom stereocenters. The van der Waals surface area contributed by atoms with E-state index < -0.39 is 11.8 Å². The highest BCUT2D eigenvalue weighted by atomic mass is 127. The Morgan fingerprint density at radius 2 is 1.79 bits per heavy atom. The molecule has 2 rings (SSSR count). The number of amides is 1. The summed E-state index contributed by atoms with van der Waals surface area (Å²) >= 11 is 0. The van der Waals surface area contributed by atoms with Gasteiger partial charge in [-0.3, -0.25) is 9.79 Å². The van der Waals surface area contributed by atoms with Crippen molar-refractivity contribution < 1.29 is 13.9 Å². The Kier molecular flexibility index (Phi) is 11.0. The number of carbonyl (C=O) groups is 1. The van der Waals surface area contributed by atoms with Crippen molar-refractivity contribution in [2.45, 2.75) is 13.3 Å². The van der Waals surface area contributed by atoms with Crippen molar-refractivity contribution in [3.8, 4) is 5.75 Å². The Bertz CT molecular complexity index is 782. The molecular weight excluding hydrogens is 486 g/mol. The van der Waals surface area contributed by atoms with Crippen LogP contribution < -0.4 is 21.1 Å². The minimum Gasteiger partial charge on any atom is -0.492 e. The van der Waals surface area contributed by atoms with Gasteiger partial charge < -0.3 is 21.1 Å². The van der Waals surface area contributed by atoms with E-state index in [1.54, 1.807) is 19.2 Å². The van der Waals surface area contributed by atoms with Gasteiger partial charge in [0.1, 0.15) is 18.2 Å². The molecular formula is C21H28FIN4O2. The van der Waals surface area contributed by atoms with Crippen LogP contribution in [0.25, 0.3) is 0 Å². The molecule has 29 heavy (non-hydrogen) atoms. The largest absolute Gasteiger partial charge is 0.492 e. The zero-order valence-electron chi connectivity index (χ0n) is 16.7. The van der Waals surface area contributed by atoms with Crippen molar-refractivity contribution >= 4 is 35.8 Å². The highest BCUT2D eigenvalue weighted by Crippen LogP contribution is 2.11. The van der Waals surface area contributed by atoms with Gasteiger partial charge in [0.05, 0.1) is 12.5 Å². The van der Waals surface area contributed by atoms with Crippen LogP contribution in [0.2, 0.25) is 0 Å². The molecule has 0 spiro atoms. The molecule has 0 radical (unpaired) electrons. The third-order valence-corrected chi connectivity index (χ3v) is 4.22. The highest BCUT2D eigenvalue weighted by Gasteiger charge is 2.16. The number of nitrogens with two attached hydrogens (primary N) is 1. The number of hydrogen-bond acceptors (Lipinski definition) is 3. The Balaban J connectivity index is 0.00000420. The van der Waals surface area contributed by atoms with Crippen LogP contribution in [0, 0.1) is 18.7 Å². The van der Waals surface area contributed by atoms with Crippen LogP contribution in [-0.2, 0) is 11.2 Å². The van der Waals surface area contributed by atoms with E-state index >= 15 is 0 Å². The molecule has 0 fully saturated rings. The fourth-order valence-electron chi connectivity index (χ4n) is 2.59. The zero-order valence-corrected chi connectivity index (χ0v) is 19.0.